The molecule has 0 aliphatic carbocycles. The molecule has 1 aliphatic heterocycles. The van der Waals surface area contributed by atoms with E-state index in [1.54, 1.807) is 12.1 Å². The van der Waals surface area contributed by atoms with Crippen LogP contribution in [-0.4, -0.2) is 41.5 Å². The van der Waals surface area contributed by atoms with Gasteiger partial charge < -0.3 is 15.3 Å². The molecule has 0 bridgehead atoms. The standard InChI is InChI=1S/C15H20N2O3/c1-11(18)16-10-12-6-8-17(9-7-12)15(20)13-2-4-14(19)5-3-13/h2-5,12,19H,6-10H2,1H3,(H,16,18). The number of phenolic OH excluding ortho intramolecular Hbond substituents is 1. The second-order valence-electron chi connectivity index (χ2n) is 5.22. The zero-order valence-corrected chi connectivity index (χ0v) is 11.6. The monoisotopic (exact) mass is 276 g/mol. The third kappa shape index (κ3) is 3.73. The van der Waals surface area contributed by atoms with Gasteiger partial charge in [-0.1, -0.05) is 0 Å². The minimum atomic E-state index is -0.00685. The highest BCUT2D eigenvalue weighted by molar-refractivity contribution is 5.94. The molecular weight excluding hydrogens is 256 g/mol. The van der Waals surface area contributed by atoms with Crippen LogP contribution in [0.3, 0.4) is 0 Å². The number of nitrogens with one attached hydrogen (secondary N) is 1. The number of rotatable bonds is 3. The van der Waals surface area contributed by atoms with E-state index >= 15 is 0 Å². The Bertz CT molecular complexity index is 476. The maximum atomic E-state index is 12.3. The summed E-state index contributed by atoms with van der Waals surface area (Å²) in [6.07, 6.45) is 1.81. The Morgan fingerprint density at radius 3 is 2.40 bits per heavy atom. The topological polar surface area (TPSA) is 69.6 Å². The van der Waals surface area contributed by atoms with Gasteiger partial charge >= 0.3 is 0 Å². The van der Waals surface area contributed by atoms with E-state index in [0.717, 1.165) is 12.8 Å². The van der Waals surface area contributed by atoms with Crippen LogP contribution >= 0.6 is 0 Å². The molecule has 1 aromatic carbocycles. The van der Waals surface area contributed by atoms with Crippen LogP contribution in [0.4, 0.5) is 0 Å². The fourth-order valence-electron chi connectivity index (χ4n) is 2.41. The van der Waals surface area contributed by atoms with Gasteiger partial charge in [0.15, 0.2) is 0 Å². The van der Waals surface area contributed by atoms with Crippen molar-refractivity contribution in [2.75, 3.05) is 19.6 Å². The van der Waals surface area contributed by atoms with Crippen LogP contribution in [0.25, 0.3) is 0 Å². The van der Waals surface area contributed by atoms with Gasteiger partial charge in [0.25, 0.3) is 5.91 Å². The van der Waals surface area contributed by atoms with Crippen molar-refractivity contribution in [1.29, 1.82) is 0 Å². The molecule has 1 saturated heterocycles. The summed E-state index contributed by atoms with van der Waals surface area (Å²) in [7, 11) is 0. The lowest BCUT2D eigenvalue weighted by Gasteiger charge is -2.32. The Labute approximate surface area is 118 Å². The van der Waals surface area contributed by atoms with Crippen LogP contribution in [0.2, 0.25) is 0 Å². The van der Waals surface area contributed by atoms with Crippen molar-refractivity contribution in [2.45, 2.75) is 19.8 Å². The number of aromatic hydroxyl groups is 1. The number of nitrogens with zero attached hydrogens (tertiary/aromatic N) is 1. The quantitative estimate of drug-likeness (QED) is 0.876. The van der Waals surface area contributed by atoms with Crippen LogP contribution < -0.4 is 5.32 Å². The first-order valence-corrected chi connectivity index (χ1v) is 6.89. The molecule has 5 heteroatoms. The predicted molar refractivity (Wildman–Crippen MR) is 75.4 cm³/mol. The average Bonchev–Trinajstić information content (AvgIpc) is 2.46. The molecule has 0 spiro atoms. The van der Waals surface area contributed by atoms with Crippen molar-refractivity contribution < 1.29 is 14.7 Å². The van der Waals surface area contributed by atoms with E-state index in [9.17, 15) is 14.7 Å². The smallest absolute Gasteiger partial charge is 0.253 e. The van der Waals surface area contributed by atoms with Crippen molar-refractivity contribution in [3.05, 3.63) is 29.8 Å². The zero-order chi connectivity index (χ0) is 14.5. The number of hydrogen-bond acceptors (Lipinski definition) is 3. The van der Waals surface area contributed by atoms with Gasteiger partial charge in [0.1, 0.15) is 5.75 Å². The molecule has 5 nitrogen and oxygen atoms in total. The Morgan fingerprint density at radius 2 is 1.85 bits per heavy atom. The normalized spacial score (nSPS) is 15.9. The molecule has 0 atom stereocenters. The van der Waals surface area contributed by atoms with Crippen LogP contribution in [0.5, 0.6) is 5.75 Å². The van der Waals surface area contributed by atoms with Crippen LogP contribution in [-0.2, 0) is 4.79 Å². The molecule has 2 N–H and O–H groups in total. The average molecular weight is 276 g/mol. The van der Waals surface area contributed by atoms with E-state index in [1.165, 1.54) is 19.1 Å². The predicted octanol–water partition coefficient (Wildman–Crippen LogP) is 1.38. The zero-order valence-electron chi connectivity index (χ0n) is 11.6. The highest BCUT2D eigenvalue weighted by Crippen LogP contribution is 2.19. The van der Waals surface area contributed by atoms with Gasteiger partial charge in [0.2, 0.25) is 5.91 Å². The second kappa shape index (κ2) is 6.41. The molecule has 0 unspecified atom stereocenters. The lowest BCUT2D eigenvalue weighted by molar-refractivity contribution is -0.119. The van der Waals surface area contributed by atoms with E-state index in [2.05, 4.69) is 5.32 Å². The molecule has 0 aromatic heterocycles. The number of phenols is 1. The first-order valence-electron chi connectivity index (χ1n) is 6.89. The Hall–Kier alpha value is -2.04. The van der Waals surface area contributed by atoms with Crippen LogP contribution in [0.15, 0.2) is 24.3 Å². The van der Waals surface area contributed by atoms with Crippen molar-refractivity contribution in [1.82, 2.24) is 10.2 Å². The largest absolute Gasteiger partial charge is 0.508 e. The second-order valence-corrected chi connectivity index (χ2v) is 5.22. The number of benzene rings is 1. The summed E-state index contributed by atoms with van der Waals surface area (Å²) in [5.74, 6) is 0.605. The first kappa shape index (κ1) is 14.4. The summed E-state index contributed by atoms with van der Waals surface area (Å²) in [6.45, 7) is 3.63. The van der Waals surface area contributed by atoms with Gasteiger partial charge in [-0.3, -0.25) is 9.59 Å². The molecule has 108 valence electrons. The molecule has 2 rings (SSSR count). The third-order valence-corrected chi connectivity index (χ3v) is 3.66. The highest BCUT2D eigenvalue weighted by Gasteiger charge is 2.23. The molecule has 1 heterocycles. The van der Waals surface area contributed by atoms with Gasteiger partial charge in [-0.15, -0.1) is 0 Å². The van der Waals surface area contributed by atoms with Gasteiger partial charge in [-0.2, -0.15) is 0 Å². The maximum absolute atomic E-state index is 12.3. The Morgan fingerprint density at radius 1 is 1.25 bits per heavy atom. The lowest BCUT2D eigenvalue weighted by Crippen LogP contribution is -2.41. The van der Waals surface area contributed by atoms with Gasteiger partial charge in [-0.25, -0.2) is 0 Å². The fourth-order valence-corrected chi connectivity index (χ4v) is 2.41. The summed E-state index contributed by atoms with van der Waals surface area (Å²) in [6, 6.07) is 6.33. The molecule has 20 heavy (non-hydrogen) atoms. The van der Waals surface area contributed by atoms with Crippen molar-refractivity contribution in [3.8, 4) is 5.75 Å². The summed E-state index contributed by atoms with van der Waals surface area (Å²) >= 11 is 0. The molecule has 1 fully saturated rings. The highest BCUT2D eigenvalue weighted by atomic mass is 16.3. The van der Waals surface area contributed by atoms with Crippen molar-refractivity contribution in [2.24, 2.45) is 5.92 Å². The van der Waals surface area contributed by atoms with E-state index in [-0.39, 0.29) is 17.6 Å². The third-order valence-electron chi connectivity index (χ3n) is 3.66. The number of carbonyl (C=O) groups excluding carboxylic acids is 2. The molecule has 0 radical (unpaired) electrons. The Kier molecular flexibility index (Phi) is 4.61. The summed E-state index contributed by atoms with van der Waals surface area (Å²) in [5.41, 5.74) is 0.600. The number of carbonyl (C=O) groups is 2. The summed E-state index contributed by atoms with van der Waals surface area (Å²) < 4.78 is 0. The lowest BCUT2D eigenvalue weighted by atomic mass is 9.96. The Balaban J connectivity index is 1.85. The molecule has 0 saturated carbocycles. The van der Waals surface area contributed by atoms with E-state index in [1.807, 2.05) is 4.90 Å². The molecule has 2 amide bonds. The van der Waals surface area contributed by atoms with Crippen molar-refractivity contribution in [3.63, 3.8) is 0 Å². The van der Waals surface area contributed by atoms with Gasteiger partial charge in [0.05, 0.1) is 0 Å². The van der Waals surface area contributed by atoms with Crippen LogP contribution in [0.1, 0.15) is 30.1 Å². The molecular formula is C15H20N2O3. The minimum absolute atomic E-state index is 0.00276. The SMILES string of the molecule is CC(=O)NCC1CCN(C(=O)c2ccc(O)cc2)CC1. The number of amides is 2. The summed E-state index contributed by atoms with van der Waals surface area (Å²) in [5, 5.41) is 12.1. The van der Waals surface area contributed by atoms with Gasteiger partial charge in [-0.05, 0) is 43.0 Å². The van der Waals surface area contributed by atoms with E-state index < -0.39 is 0 Å². The van der Waals surface area contributed by atoms with Gasteiger partial charge in [0, 0.05) is 32.1 Å². The van der Waals surface area contributed by atoms with E-state index in [0.29, 0.717) is 31.1 Å². The number of hydrogen-bond donors (Lipinski definition) is 2. The maximum Gasteiger partial charge on any atom is 0.253 e. The first-order chi connectivity index (χ1) is 9.56. The number of piperidine rings is 1. The van der Waals surface area contributed by atoms with Crippen molar-refractivity contribution >= 4 is 11.8 Å². The summed E-state index contributed by atoms with van der Waals surface area (Å²) in [4.78, 5) is 25.0. The number of likely N-dealkylation sites (tertiary alicyclic amines) is 1. The van der Waals surface area contributed by atoms with Crippen LogP contribution in [0, 0.1) is 5.92 Å². The fraction of sp³-hybridized carbons (Fsp3) is 0.467. The minimum Gasteiger partial charge on any atom is -0.508 e. The molecule has 1 aromatic rings. The van der Waals surface area contributed by atoms with E-state index in [4.69, 9.17) is 0 Å². The molecule has 1 aliphatic rings.